The molecule has 1 amide bonds. The predicted octanol–water partition coefficient (Wildman–Crippen LogP) is 1.67. The first-order valence-electron chi connectivity index (χ1n) is 5.50. The van der Waals surface area contributed by atoms with Crippen molar-refractivity contribution in [3.05, 3.63) is 0 Å². The number of aliphatic hydroxyl groups excluding tert-OH is 1. The van der Waals surface area contributed by atoms with Crippen LogP contribution in [0.25, 0.3) is 0 Å². The quantitative estimate of drug-likeness (QED) is 0.736. The molecule has 15 heavy (non-hydrogen) atoms. The number of hydrogen-bond donors (Lipinski definition) is 2. The van der Waals surface area contributed by atoms with Crippen molar-refractivity contribution in [2.24, 2.45) is 5.92 Å². The molecule has 1 fully saturated rings. The average molecular weight is 215 g/mol. The summed E-state index contributed by atoms with van der Waals surface area (Å²) in [4.78, 5) is 11.4. The largest absolute Gasteiger partial charge is 0.446 e. The summed E-state index contributed by atoms with van der Waals surface area (Å²) in [6, 6.07) is 0. The molecule has 4 heteroatoms. The molecule has 1 saturated carbocycles. The first-order chi connectivity index (χ1) is 6.90. The van der Waals surface area contributed by atoms with Gasteiger partial charge in [0.2, 0.25) is 0 Å². The number of carbonyl (C=O) groups is 1. The van der Waals surface area contributed by atoms with E-state index in [4.69, 9.17) is 9.84 Å². The molecule has 0 radical (unpaired) electrons. The highest BCUT2D eigenvalue weighted by Crippen LogP contribution is 2.27. The first-order valence-corrected chi connectivity index (χ1v) is 5.50. The Balaban J connectivity index is 2.28. The van der Waals surface area contributed by atoms with E-state index in [0.29, 0.717) is 5.92 Å². The summed E-state index contributed by atoms with van der Waals surface area (Å²) in [7, 11) is 0. The average Bonchev–Trinajstić information content (AvgIpc) is 2.48. The molecule has 4 nitrogen and oxygen atoms in total. The SMILES string of the molecule is CC(C)(C)NC(=O)OC1CCC(CO)C1. The Kier molecular flexibility index (Phi) is 3.97. The van der Waals surface area contributed by atoms with Crippen LogP contribution in [0.4, 0.5) is 4.79 Å². The summed E-state index contributed by atoms with van der Waals surface area (Å²) in [5.41, 5.74) is -0.258. The van der Waals surface area contributed by atoms with Gasteiger partial charge in [-0.25, -0.2) is 4.79 Å². The van der Waals surface area contributed by atoms with Gasteiger partial charge in [0.1, 0.15) is 6.10 Å². The van der Waals surface area contributed by atoms with Crippen LogP contribution in [0, 0.1) is 5.92 Å². The Labute approximate surface area is 91.0 Å². The molecule has 2 N–H and O–H groups in total. The van der Waals surface area contributed by atoms with Gasteiger partial charge in [-0.15, -0.1) is 0 Å². The fourth-order valence-corrected chi connectivity index (χ4v) is 1.79. The Hall–Kier alpha value is -0.770. The molecule has 1 aliphatic carbocycles. The summed E-state index contributed by atoms with van der Waals surface area (Å²) < 4.78 is 5.26. The van der Waals surface area contributed by atoms with Crippen molar-refractivity contribution in [3.8, 4) is 0 Å². The van der Waals surface area contributed by atoms with Crippen LogP contribution in [0.3, 0.4) is 0 Å². The van der Waals surface area contributed by atoms with Crippen molar-refractivity contribution < 1.29 is 14.6 Å². The zero-order valence-corrected chi connectivity index (χ0v) is 9.75. The topological polar surface area (TPSA) is 58.6 Å². The first kappa shape index (κ1) is 12.3. The number of rotatable bonds is 2. The van der Waals surface area contributed by atoms with Gasteiger partial charge in [-0.05, 0) is 46.0 Å². The maximum Gasteiger partial charge on any atom is 0.407 e. The Morgan fingerprint density at radius 2 is 2.13 bits per heavy atom. The third-order valence-electron chi connectivity index (χ3n) is 2.50. The molecule has 0 aliphatic heterocycles. The monoisotopic (exact) mass is 215 g/mol. The maximum atomic E-state index is 11.4. The molecule has 0 spiro atoms. The molecule has 2 unspecified atom stereocenters. The van der Waals surface area contributed by atoms with E-state index in [1.54, 1.807) is 0 Å². The van der Waals surface area contributed by atoms with Crippen LogP contribution in [-0.4, -0.2) is 29.4 Å². The van der Waals surface area contributed by atoms with Crippen molar-refractivity contribution in [2.75, 3.05) is 6.61 Å². The fourth-order valence-electron chi connectivity index (χ4n) is 1.79. The Bertz CT molecular complexity index is 222. The number of carbonyl (C=O) groups excluding carboxylic acids is 1. The van der Waals surface area contributed by atoms with Crippen LogP contribution >= 0.6 is 0 Å². The molecule has 88 valence electrons. The van der Waals surface area contributed by atoms with Crippen LogP contribution in [0.5, 0.6) is 0 Å². The number of amides is 1. The summed E-state index contributed by atoms with van der Waals surface area (Å²) in [5, 5.41) is 11.7. The van der Waals surface area contributed by atoms with Crippen LogP contribution in [-0.2, 0) is 4.74 Å². The number of ether oxygens (including phenoxy) is 1. The van der Waals surface area contributed by atoms with Crippen molar-refractivity contribution in [3.63, 3.8) is 0 Å². The van der Waals surface area contributed by atoms with E-state index >= 15 is 0 Å². The van der Waals surface area contributed by atoms with E-state index in [-0.39, 0.29) is 24.3 Å². The molecular weight excluding hydrogens is 194 g/mol. The van der Waals surface area contributed by atoms with Crippen molar-refractivity contribution in [2.45, 2.75) is 51.7 Å². The lowest BCUT2D eigenvalue weighted by atomic mass is 10.1. The van der Waals surface area contributed by atoms with Gasteiger partial charge in [0.15, 0.2) is 0 Å². The van der Waals surface area contributed by atoms with E-state index in [0.717, 1.165) is 19.3 Å². The van der Waals surface area contributed by atoms with Gasteiger partial charge < -0.3 is 15.2 Å². The van der Waals surface area contributed by atoms with Crippen molar-refractivity contribution in [1.82, 2.24) is 5.32 Å². The van der Waals surface area contributed by atoms with Gasteiger partial charge in [-0.3, -0.25) is 0 Å². The Morgan fingerprint density at radius 3 is 2.60 bits per heavy atom. The molecule has 1 aliphatic rings. The van der Waals surface area contributed by atoms with Crippen LogP contribution in [0.2, 0.25) is 0 Å². The van der Waals surface area contributed by atoms with Gasteiger partial charge >= 0.3 is 6.09 Å². The lowest BCUT2D eigenvalue weighted by Crippen LogP contribution is -2.42. The second-order valence-electron chi connectivity index (χ2n) is 5.26. The lowest BCUT2D eigenvalue weighted by molar-refractivity contribution is 0.0897. The van der Waals surface area contributed by atoms with Crippen molar-refractivity contribution >= 4 is 6.09 Å². The van der Waals surface area contributed by atoms with Crippen molar-refractivity contribution in [1.29, 1.82) is 0 Å². The van der Waals surface area contributed by atoms with Gasteiger partial charge in [0, 0.05) is 12.1 Å². The molecule has 1 rings (SSSR count). The number of alkyl carbamates (subject to hydrolysis) is 1. The maximum absolute atomic E-state index is 11.4. The number of hydrogen-bond acceptors (Lipinski definition) is 3. The molecule has 0 aromatic carbocycles. The second kappa shape index (κ2) is 4.84. The molecular formula is C11H21NO3. The number of aliphatic hydroxyl groups is 1. The van der Waals surface area contributed by atoms with E-state index in [1.807, 2.05) is 20.8 Å². The minimum Gasteiger partial charge on any atom is -0.446 e. The van der Waals surface area contributed by atoms with E-state index in [9.17, 15) is 4.79 Å². The smallest absolute Gasteiger partial charge is 0.407 e. The highest BCUT2D eigenvalue weighted by Gasteiger charge is 2.27. The van der Waals surface area contributed by atoms with Crippen LogP contribution < -0.4 is 5.32 Å². The lowest BCUT2D eigenvalue weighted by Gasteiger charge is -2.21. The standard InChI is InChI=1S/C11H21NO3/c1-11(2,3)12-10(14)15-9-5-4-8(6-9)7-13/h8-9,13H,4-7H2,1-3H3,(H,12,14). The highest BCUT2D eigenvalue weighted by molar-refractivity contribution is 5.68. The van der Waals surface area contributed by atoms with Crippen LogP contribution in [0.15, 0.2) is 0 Å². The third-order valence-corrected chi connectivity index (χ3v) is 2.50. The molecule has 2 atom stereocenters. The van der Waals surface area contributed by atoms with E-state index in [1.165, 1.54) is 0 Å². The summed E-state index contributed by atoms with van der Waals surface area (Å²) in [6.45, 7) is 5.94. The zero-order chi connectivity index (χ0) is 11.5. The zero-order valence-electron chi connectivity index (χ0n) is 9.75. The highest BCUT2D eigenvalue weighted by atomic mass is 16.6. The normalized spacial score (nSPS) is 26.4. The minimum atomic E-state index is -0.355. The predicted molar refractivity (Wildman–Crippen MR) is 57.6 cm³/mol. The molecule has 0 aromatic rings. The summed E-state index contributed by atoms with van der Waals surface area (Å²) in [6.07, 6.45) is 2.22. The Morgan fingerprint density at radius 1 is 1.47 bits per heavy atom. The molecule has 0 bridgehead atoms. The summed E-state index contributed by atoms with van der Waals surface area (Å²) in [5.74, 6) is 0.303. The summed E-state index contributed by atoms with van der Waals surface area (Å²) >= 11 is 0. The third kappa shape index (κ3) is 4.51. The molecule has 0 heterocycles. The minimum absolute atomic E-state index is 0.0236. The van der Waals surface area contributed by atoms with Gasteiger partial charge in [-0.2, -0.15) is 0 Å². The number of nitrogens with one attached hydrogen (secondary N) is 1. The van der Waals surface area contributed by atoms with Gasteiger partial charge in [-0.1, -0.05) is 0 Å². The van der Waals surface area contributed by atoms with Gasteiger partial charge in [0.05, 0.1) is 0 Å². The van der Waals surface area contributed by atoms with Crippen LogP contribution in [0.1, 0.15) is 40.0 Å². The van der Waals surface area contributed by atoms with E-state index in [2.05, 4.69) is 5.32 Å². The van der Waals surface area contributed by atoms with Gasteiger partial charge in [0.25, 0.3) is 0 Å². The second-order valence-corrected chi connectivity index (χ2v) is 5.26. The fraction of sp³-hybridized carbons (Fsp3) is 0.909. The van der Waals surface area contributed by atoms with E-state index < -0.39 is 0 Å². The molecule has 0 saturated heterocycles. The molecule has 0 aromatic heterocycles.